The minimum absolute atomic E-state index is 0. The zero-order chi connectivity index (χ0) is 14.8. The summed E-state index contributed by atoms with van der Waals surface area (Å²) >= 11 is 0. The van der Waals surface area contributed by atoms with Gasteiger partial charge in [0.25, 0.3) is 0 Å². The Bertz CT molecular complexity index is 499. The van der Waals surface area contributed by atoms with Gasteiger partial charge in [-0.15, -0.1) is 12.4 Å². The minimum Gasteiger partial charge on any atom is -0.326 e. The second kappa shape index (κ2) is 7.13. The van der Waals surface area contributed by atoms with Crippen molar-refractivity contribution in [2.45, 2.75) is 25.9 Å². The monoisotopic (exact) mass is 322 g/mol. The highest BCUT2D eigenvalue weighted by Crippen LogP contribution is 2.33. The molecule has 0 saturated carbocycles. The number of hydrogen-bond acceptors (Lipinski definition) is 2. The lowest BCUT2D eigenvalue weighted by molar-refractivity contribution is -0.138. The van der Waals surface area contributed by atoms with Gasteiger partial charge in [0.15, 0.2) is 0 Å². The first kappa shape index (κ1) is 17.8. The van der Waals surface area contributed by atoms with Gasteiger partial charge in [-0.2, -0.15) is 13.2 Å². The summed E-state index contributed by atoms with van der Waals surface area (Å²) < 4.78 is 38.3. The molecule has 1 heterocycles. The number of halogens is 4. The standard InChI is InChI=1S/C14H17F3N2O.ClH/c1-9-2-3-11(7-12(9)14(15,16)17)19-13(20)6-10-4-5-18-8-10;/h2-3,7,10,18H,4-6,8H2,1H3,(H,19,20);1H. The molecule has 2 N–H and O–H groups in total. The molecule has 1 aliphatic heterocycles. The van der Waals surface area contributed by atoms with Crippen LogP contribution in [0.1, 0.15) is 24.0 Å². The van der Waals surface area contributed by atoms with Crippen molar-refractivity contribution in [2.75, 3.05) is 18.4 Å². The Morgan fingerprint density at radius 3 is 2.71 bits per heavy atom. The molecule has 0 spiro atoms. The quantitative estimate of drug-likeness (QED) is 0.896. The molecule has 1 atom stereocenters. The van der Waals surface area contributed by atoms with Crippen LogP contribution in [0.4, 0.5) is 18.9 Å². The lowest BCUT2D eigenvalue weighted by atomic mass is 10.0. The van der Waals surface area contributed by atoms with E-state index in [0.29, 0.717) is 6.42 Å². The third-order valence-corrected chi connectivity index (χ3v) is 3.46. The molecule has 21 heavy (non-hydrogen) atoms. The first-order chi connectivity index (χ1) is 9.36. The number of amides is 1. The van der Waals surface area contributed by atoms with E-state index in [1.807, 2.05) is 0 Å². The molecule has 0 aliphatic carbocycles. The van der Waals surface area contributed by atoms with E-state index in [4.69, 9.17) is 0 Å². The van der Waals surface area contributed by atoms with Gasteiger partial charge < -0.3 is 10.6 Å². The van der Waals surface area contributed by atoms with Crippen molar-refractivity contribution in [2.24, 2.45) is 5.92 Å². The summed E-state index contributed by atoms with van der Waals surface area (Å²) in [4.78, 5) is 11.8. The SMILES string of the molecule is Cc1ccc(NC(=O)CC2CCNC2)cc1C(F)(F)F.Cl. The molecule has 0 bridgehead atoms. The second-order valence-corrected chi connectivity index (χ2v) is 5.14. The predicted molar refractivity (Wildman–Crippen MR) is 77.7 cm³/mol. The Labute approximate surface area is 127 Å². The maximum atomic E-state index is 12.8. The van der Waals surface area contributed by atoms with Gasteiger partial charge in [0.2, 0.25) is 5.91 Å². The Morgan fingerprint density at radius 2 is 2.14 bits per heavy atom. The maximum absolute atomic E-state index is 12.8. The largest absolute Gasteiger partial charge is 0.416 e. The van der Waals surface area contributed by atoms with Gasteiger partial charge in [-0.25, -0.2) is 0 Å². The van der Waals surface area contributed by atoms with Gasteiger partial charge in [-0.3, -0.25) is 4.79 Å². The van der Waals surface area contributed by atoms with Crippen LogP contribution in [0.25, 0.3) is 0 Å². The molecule has 7 heteroatoms. The molecule has 0 radical (unpaired) electrons. The van der Waals surface area contributed by atoms with E-state index in [9.17, 15) is 18.0 Å². The predicted octanol–water partition coefficient (Wildman–Crippen LogP) is 3.37. The highest BCUT2D eigenvalue weighted by molar-refractivity contribution is 5.91. The first-order valence-corrected chi connectivity index (χ1v) is 6.54. The van der Waals surface area contributed by atoms with Crippen LogP contribution in [0.15, 0.2) is 18.2 Å². The minimum atomic E-state index is -4.40. The molecule has 1 aliphatic rings. The van der Waals surface area contributed by atoms with E-state index in [-0.39, 0.29) is 35.5 Å². The Morgan fingerprint density at radius 1 is 1.43 bits per heavy atom. The Hall–Kier alpha value is -1.27. The van der Waals surface area contributed by atoms with Crippen LogP contribution in [0.3, 0.4) is 0 Å². The molecule has 1 unspecified atom stereocenters. The first-order valence-electron chi connectivity index (χ1n) is 6.54. The highest BCUT2D eigenvalue weighted by Gasteiger charge is 2.32. The van der Waals surface area contributed by atoms with Crippen LogP contribution >= 0.6 is 12.4 Å². The van der Waals surface area contributed by atoms with Crippen LogP contribution in [-0.2, 0) is 11.0 Å². The number of anilines is 1. The van der Waals surface area contributed by atoms with Crippen LogP contribution in [0.2, 0.25) is 0 Å². The van der Waals surface area contributed by atoms with E-state index in [0.717, 1.165) is 25.6 Å². The third-order valence-electron chi connectivity index (χ3n) is 3.46. The fraction of sp³-hybridized carbons (Fsp3) is 0.500. The number of alkyl halides is 3. The van der Waals surface area contributed by atoms with E-state index >= 15 is 0 Å². The molecule has 2 rings (SSSR count). The number of benzene rings is 1. The van der Waals surface area contributed by atoms with E-state index in [1.165, 1.54) is 19.1 Å². The summed E-state index contributed by atoms with van der Waals surface area (Å²) in [6, 6.07) is 3.85. The molecule has 1 aromatic carbocycles. The number of carbonyl (C=O) groups excluding carboxylic acids is 1. The fourth-order valence-corrected chi connectivity index (χ4v) is 2.37. The molecule has 0 aromatic heterocycles. The number of carbonyl (C=O) groups is 1. The molecule has 1 aromatic rings. The molecular formula is C14H18ClF3N2O. The smallest absolute Gasteiger partial charge is 0.326 e. The average molecular weight is 323 g/mol. The van der Waals surface area contributed by atoms with Gasteiger partial charge in [-0.05, 0) is 50.0 Å². The molecule has 1 saturated heterocycles. The Balaban J connectivity index is 0.00000220. The second-order valence-electron chi connectivity index (χ2n) is 5.14. The lowest BCUT2D eigenvalue weighted by Gasteiger charge is -2.13. The third kappa shape index (κ3) is 4.89. The average Bonchev–Trinajstić information content (AvgIpc) is 2.83. The van der Waals surface area contributed by atoms with Crippen molar-refractivity contribution in [3.05, 3.63) is 29.3 Å². The van der Waals surface area contributed by atoms with Gasteiger partial charge >= 0.3 is 6.18 Å². The van der Waals surface area contributed by atoms with Crippen molar-refractivity contribution >= 4 is 24.0 Å². The van der Waals surface area contributed by atoms with Crippen LogP contribution in [0.5, 0.6) is 0 Å². The van der Waals surface area contributed by atoms with E-state index in [2.05, 4.69) is 10.6 Å². The van der Waals surface area contributed by atoms with E-state index in [1.54, 1.807) is 0 Å². The van der Waals surface area contributed by atoms with Gasteiger partial charge in [0.05, 0.1) is 5.56 Å². The molecular weight excluding hydrogens is 305 g/mol. The van der Waals surface area contributed by atoms with E-state index < -0.39 is 11.7 Å². The molecule has 1 amide bonds. The van der Waals surface area contributed by atoms with Gasteiger partial charge in [-0.1, -0.05) is 6.07 Å². The van der Waals surface area contributed by atoms with Gasteiger partial charge in [0, 0.05) is 12.1 Å². The highest BCUT2D eigenvalue weighted by atomic mass is 35.5. The molecule has 1 fully saturated rings. The Kier molecular flexibility index (Phi) is 6.04. The van der Waals surface area contributed by atoms with Gasteiger partial charge in [0.1, 0.15) is 0 Å². The van der Waals surface area contributed by atoms with Crippen LogP contribution in [0, 0.1) is 12.8 Å². The summed E-state index contributed by atoms with van der Waals surface area (Å²) in [5.41, 5.74) is -0.368. The van der Waals surface area contributed by atoms with Crippen LogP contribution < -0.4 is 10.6 Å². The maximum Gasteiger partial charge on any atom is 0.416 e. The fourth-order valence-electron chi connectivity index (χ4n) is 2.37. The number of hydrogen-bond donors (Lipinski definition) is 2. The number of aryl methyl sites for hydroxylation is 1. The molecule has 3 nitrogen and oxygen atoms in total. The summed E-state index contributed by atoms with van der Waals surface area (Å²) in [7, 11) is 0. The lowest BCUT2D eigenvalue weighted by Crippen LogP contribution is -2.18. The van der Waals surface area contributed by atoms with Crippen molar-refractivity contribution in [1.82, 2.24) is 5.32 Å². The van der Waals surface area contributed by atoms with Crippen LogP contribution in [-0.4, -0.2) is 19.0 Å². The number of rotatable bonds is 3. The summed E-state index contributed by atoms with van der Waals surface area (Å²) in [5, 5.41) is 5.69. The normalized spacial score (nSPS) is 18.2. The van der Waals surface area contributed by atoms with Crippen molar-refractivity contribution < 1.29 is 18.0 Å². The summed E-state index contributed by atoms with van der Waals surface area (Å²) in [6.07, 6.45) is -3.14. The summed E-state index contributed by atoms with van der Waals surface area (Å²) in [5.74, 6) is 0.0261. The number of nitrogens with one attached hydrogen (secondary N) is 2. The van der Waals surface area contributed by atoms with Crippen molar-refractivity contribution in [3.8, 4) is 0 Å². The zero-order valence-corrected chi connectivity index (χ0v) is 12.4. The topological polar surface area (TPSA) is 41.1 Å². The van der Waals surface area contributed by atoms with Crippen molar-refractivity contribution in [1.29, 1.82) is 0 Å². The zero-order valence-electron chi connectivity index (χ0n) is 11.6. The molecule has 118 valence electrons. The van der Waals surface area contributed by atoms with Crippen molar-refractivity contribution in [3.63, 3.8) is 0 Å². The summed E-state index contributed by atoms with van der Waals surface area (Å²) in [6.45, 7) is 3.08.